The standard InChI is InChI=1S/C22H31N5O6/c1-22(2)10-3-4-11(12(22)7-10)13(29)5-6-32-21-25-18(23)15-19(26-21)27(9-24-15)20-17(31)16(30)14(8-28)33-20/h9-12,14,16-17,20,28,30-31H,3-8H2,1-2H3,(H2,23,25,26). The number of nitrogens with two attached hydrogens (primary N) is 1. The maximum atomic E-state index is 12.9. The average Bonchev–Trinajstić information content (AvgIpc) is 3.34. The van der Waals surface area contributed by atoms with Gasteiger partial charge in [0.2, 0.25) is 0 Å². The molecule has 2 bridgehead atoms. The smallest absolute Gasteiger partial charge is 0.320 e. The van der Waals surface area contributed by atoms with Crippen LogP contribution in [0.5, 0.6) is 6.01 Å². The zero-order valence-corrected chi connectivity index (χ0v) is 18.8. The number of aliphatic hydroxyl groups excluding tert-OH is 3. The third kappa shape index (κ3) is 3.58. The van der Waals surface area contributed by atoms with E-state index in [1.54, 1.807) is 0 Å². The van der Waals surface area contributed by atoms with E-state index in [1.165, 1.54) is 10.9 Å². The molecule has 4 aliphatic rings. The second kappa shape index (κ2) is 8.15. The minimum Gasteiger partial charge on any atom is -0.463 e. The lowest BCUT2D eigenvalue weighted by Gasteiger charge is -2.59. The van der Waals surface area contributed by atoms with Crippen LogP contribution in [0.1, 0.15) is 45.8 Å². The lowest BCUT2D eigenvalue weighted by molar-refractivity contribution is -0.146. The summed E-state index contributed by atoms with van der Waals surface area (Å²) in [6.45, 7) is 4.23. The van der Waals surface area contributed by atoms with Gasteiger partial charge in [0.25, 0.3) is 0 Å². The molecule has 33 heavy (non-hydrogen) atoms. The number of hydrogen-bond donors (Lipinski definition) is 4. The highest BCUT2D eigenvalue weighted by Gasteiger charge is 2.55. The largest absolute Gasteiger partial charge is 0.463 e. The third-order valence-corrected chi connectivity index (χ3v) is 8.07. The second-order valence-electron chi connectivity index (χ2n) is 10.1. The van der Waals surface area contributed by atoms with Crippen molar-refractivity contribution in [1.82, 2.24) is 19.5 Å². The number of aliphatic hydroxyl groups is 3. The van der Waals surface area contributed by atoms with Crippen LogP contribution in [0, 0.1) is 23.2 Å². The van der Waals surface area contributed by atoms with Gasteiger partial charge in [-0.3, -0.25) is 9.36 Å². The summed E-state index contributed by atoms with van der Waals surface area (Å²) in [5.74, 6) is 1.60. The summed E-state index contributed by atoms with van der Waals surface area (Å²) in [6, 6.07) is -0.00558. The Hall–Kier alpha value is -2.34. The number of rotatable bonds is 7. The monoisotopic (exact) mass is 461 g/mol. The van der Waals surface area contributed by atoms with Crippen molar-refractivity contribution in [1.29, 1.82) is 0 Å². The highest BCUT2D eigenvalue weighted by molar-refractivity contribution is 5.82. The van der Waals surface area contributed by atoms with Crippen LogP contribution in [0.4, 0.5) is 5.82 Å². The van der Waals surface area contributed by atoms with Gasteiger partial charge in [0, 0.05) is 12.3 Å². The minimum absolute atomic E-state index is 0.00558. The number of carbonyl (C=O) groups excluding carboxylic acids is 1. The predicted molar refractivity (Wildman–Crippen MR) is 116 cm³/mol. The minimum atomic E-state index is -1.29. The van der Waals surface area contributed by atoms with Crippen molar-refractivity contribution in [3.05, 3.63) is 6.33 Å². The Kier molecular flexibility index (Phi) is 5.55. The van der Waals surface area contributed by atoms with Crippen molar-refractivity contribution >= 4 is 22.8 Å². The van der Waals surface area contributed by atoms with Crippen molar-refractivity contribution in [3.63, 3.8) is 0 Å². The lowest BCUT2D eigenvalue weighted by atomic mass is 9.45. The molecule has 0 aromatic carbocycles. The molecule has 5 N–H and O–H groups in total. The van der Waals surface area contributed by atoms with Crippen LogP contribution in [-0.2, 0) is 9.53 Å². The van der Waals surface area contributed by atoms with E-state index in [0.717, 1.165) is 25.2 Å². The third-order valence-electron chi connectivity index (χ3n) is 8.07. The van der Waals surface area contributed by atoms with Crippen molar-refractivity contribution in [2.24, 2.45) is 23.2 Å². The van der Waals surface area contributed by atoms with Gasteiger partial charge in [-0.2, -0.15) is 9.97 Å². The van der Waals surface area contributed by atoms with E-state index in [9.17, 15) is 20.1 Å². The van der Waals surface area contributed by atoms with Crippen LogP contribution in [0.15, 0.2) is 6.33 Å². The van der Waals surface area contributed by atoms with Crippen LogP contribution in [-0.4, -0.2) is 72.1 Å². The molecule has 1 aliphatic heterocycles. The number of ketones is 1. The topological polar surface area (TPSA) is 166 Å². The number of fused-ring (bicyclic) bond motifs is 3. The van der Waals surface area contributed by atoms with Crippen LogP contribution >= 0.6 is 0 Å². The maximum absolute atomic E-state index is 12.9. The molecule has 0 spiro atoms. The molecule has 11 nitrogen and oxygen atoms in total. The summed E-state index contributed by atoms with van der Waals surface area (Å²) in [5.41, 5.74) is 6.81. The fourth-order valence-electron chi connectivity index (χ4n) is 5.90. The average molecular weight is 462 g/mol. The number of nitrogen functional groups attached to an aromatic ring is 1. The first-order valence-electron chi connectivity index (χ1n) is 11.5. The highest BCUT2D eigenvalue weighted by Crippen LogP contribution is 2.61. The normalized spacial score (nSPS) is 34.9. The fourth-order valence-corrected chi connectivity index (χ4v) is 5.90. The molecule has 7 unspecified atom stereocenters. The van der Waals surface area contributed by atoms with Crippen molar-refractivity contribution in [2.75, 3.05) is 18.9 Å². The Morgan fingerprint density at radius 1 is 1.30 bits per heavy atom. The first-order valence-corrected chi connectivity index (χ1v) is 11.5. The van der Waals surface area contributed by atoms with Gasteiger partial charge < -0.3 is 30.5 Å². The molecule has 3 saturated carbocycles. The van der Waals surface area contributed by atoms with E-state index < -0.39 is 31.1 Å². The summed E-state index contributed by atoms with van der Waals surface area (Å²) in [6.07, 6.45) is 0.380. The maximum Gasteiger partial charge on any atom is 0.320 e. The van der Waals surface area contributed by atoms with Crippen LogP contribution in [0.2, 0.25) is 0 Å². The van der Waals surface area contributed by atoms with Gasteiger partial charge in [-0.25, -0.2) is 4.98 Å². The summed E-state index contributed by atoms with van der Waals surface area (Å²) in [7, 11) is 0. The Balaban J connectivity index is 1.28. The van der Waals surface area contributed by atoms with Gasteiger partial charge in [-0.15, -0.1) is 0 Å². The number of hydrogen-bond acceptors (Lipinski definition) is 10. The molecule has 3 heterocycles. The summed E-state index contributed by atoms with van der Waals surface area (Å²) in [5, 5.41) is 29.7. The molecule has 3 aliphatic carbocycles. The number of Topliss-reactive ketones (excluding diaryl/α,β-unsaturated/α-hetero) is 1. The Labute approximate surface area is 190 Å². The van der Waals surface area contributed by atoms with Crippen LogP contribution in [0.3, 0.4) is 0 Å². The van der Waals surface area contributed by atoms with Gasteiger partial charge in [-0.1, -0.05) is 13.8 Å². The quantitative estimate of drug-likeness (QED) is 0.454. The number of ether oxygens (including phenoxy) is 2. The molecule has 6 rings (SSSR count). The van der Waals surface area contributed by atoms with E-state index in [2.05, 4.69) is 28.8 Å². The molecule has 11 heteroatoms. The number of anilines is 1. The highest BCUT2D eigenvalue weighted by atomic mass is 16.6. The van der Waals surface area contributed by atoms with E-state index in [1.807, 2.05) is 0 Å². The molecule has 0 amide bonds. The Morgan fingerprint density at radius 2 is 2.09 bits per heavy atom. The number of nitrogens with zero attached hydrogens (tertiary/aromatic N) is 4. The van der Waals surface area contributed by atoms with E-state index >= 15 is 0 Å². The van der Waals surface area contributed by atoms with Crippen molar-refractivity contribution in [3.8, 4) is 6.01 Å². The number of carbonyl (C=O) groups is 1. The summed E-state index contributed by atoms with van der Waals surface area (Å²) in [4.78, 5) is 25.5. The van der Waals surface area contributed by atoms with Gasteiger partial charge in [0.05, 0.1) is 19.5 Å². The SMILES string of the molecule is CC1(C)C2CCC(C(=O)CCOc3nc(N)c4ncn(C5OC(CO)C(O)C5O)c4n3)C1C2. The molecular formula is C22H31N5O6. The predicted octanol–water partition coefficient (Wildman–Crippen LogP) is 0.430. The Morgan fingerprint density at radius 3 is 2.76 bits per heavy atom. The van der Waals surface area contributed by atoms with Crippen LogP contribution in [0.25, 0.3) is 11.2 Å². The lowest BCUT2D eigenvalue weighted by Crippen LogP contribution is -2.54. The molecular weight excluding hydrogens is 430 g/mol. The number of aromatic nitrogens is 4. The molecule has 4 fully saturated rings. The molecule has 7 atom stereocenters. The number of imidazole rings is 1. The molecule has 2 aromatic rings. The van der Waals surface area contributed by atoms with Crippen LogP contribution < -0.4 is 10.5 Å². The Bertz CT molecular complexity index is 1060. The van der Waals surface area contributed by atoms with E-state index in [0.29, 0.717) is 11.4 Å². The molecule has 1 saturated heterocycles. The van der Waals surface area contributed by atoms with Crippen molar-refractivity contribution in [2.45, 2.75) is 64.1 Å². The summed E-state index contributed by atoms with van der Waals surface area (Å²) >= 11 is 0. The first kappa shape index (κ1) is 22.5. The summed E-state index contributed by atoms with van der Waals surface area (Å²) < 4.78 is 12.7. The zero-order valence-electron chi connectivity index (χ0n) is 18.8. The molecule has 0 radical (unpaired) electrons. The van der Waals surface area contributed by atoms with Gasteiger partial charge in [-0.05, 0) is 36.5 Å². The molecule has 180 valence electrons. The van der Waals surface area contributed by atoms with Gasteiger partial charge in [0.15, 0.2) is 23.2 Å². The second-order valence-corrected chi connectivity index (χ2v) is 10.1. The first-order chi connectivity index (χ1) is 15.7. The molecule has 2 aromatic heterocycles. The van der Waals surface area contributed by atoms with E-state index in [-0.39, 0.29) is 47.6 Å². The fraction of sp³-hybridized carbons (Fsp3) is 0.727. The van der Waals surface area contributed by atoms with Crippen molar-refractivity contribution < 1.29 is 29.6 Å². The van der Waals surface area contributed by atoms with Gasteiger partial charge >= 0.3 is 6.01 Å². The zero-order chi connectivity index (χ0) is 23.5. The van der Waals surface area contributed by atoms with E-state index in [4.69, 9.17) is 15.2 Å². The van der Waals surface area contributed by atoms with Gasteiger partial charge in [0.1, 0.15) is 24.1 Å².